The van der Waals surface area contributed by atoms with Gasteiger partial charge in [0.25, 0.3) is 0 Å². The molecule has 1 heterocycles. The van der Waals surface area contributed by atoms with Gasteiger partial charge in [-0.3, -0.25) is 0 Å². The van der Waals surface area contributed by atoms with E-state index in [-0.39, 0.29) is 26.4 Å². The summed E-state index contributed by atoms with van der Waals surface area (Å²) in [6.45, 7) is 14.5. The van der Waals surface area contributed by atoms with E-state index in [2.05, 4.69) is 23.5 Å². The van der Waals surface area contributed by atoms with Crippen molar-refractivity contribution >= 4 is 11.9 Å². The van der Waals surface area contributed by atoms with Gasteiger partial charge in [0.15, 0.2) is 0 Å². The lowest BCUT2D eigenvalue weighted by molar-refractivity contribution is -0.147. The summed E-state index contributed by atoms with van der Waals surface area (Å²) >= 11 is 0. The second-order valence-electron chi connectivity index (χ2n) is 7.75. The normalized spacial score (nSPS) is 12.6. The lowest BCUT2D eigenvalue weighted by atomic mass is 10.3. The van der Waals surface area contributed by atoms with Gasteiger partial charge < -0.3 is 18.9 Å². The monoisotopic (exact) mass is 457 g/mol. The van der Waals surface area contributed by atoms with Gasteiger partial charge in [-0.1, -0.05) is 36.6 Å². The van der Waals surface area contributed by atoms with E-state index >= 15 is 0 Å². The van der Waals surface area contributed by atoms with Gasteiger partial charge in [-0.05, 0) is 39.8 Å². The first-order valence-corrected chi connectivity index (χ1v) is 10.6. The van der Waals surface area contributed by atoms with Crippen LogP contribution in [0.1, 0.15) is 39.1 Å². The highest BCUT2D eigenvalue weighted by Crippen LogP contribution is 2.16. The van der Waals surface area contributed by atoms with Crippen LogP contribution in [0, 0.1) is 0 Å². The van der Waals surface area contributed by atoms with E-state index in [1.807, 2.05) is 30.3 Å². The maximum Gasteiger partial charge on any atom is 0.333 e. The molecule has 2 aromatic rings. The van der Waals surface area contributed by atoms with Gasteiger partial charge in [-0.2, -0.15) is 0 Å². The van der Waals surface area contributed by atoms with Gasteiger partial charge in [0.05, 0.1) is 37.8 Å². The number of para-hydroxylation sites is 1. The van der Waals surface area contributed by atoms with Crippen LogP contribution in [0.15, 0.2) is 54.6 Å². The maximum absolute atomic E-state index is 11.7. The van der Waals surface area contributed by atoms with Crippen LogP contribution in [-0.2, 0) is 41.8 Å². The standard InChI is InChI=1S/C24H31N3O6/c1-16(2)23(28)32-18(5)12-30-14-21-22(15-31-13-19(6)33-24(29)17(3)4)27(26-25-21)20-10-8-7-9-11-20/h7-11,18-19H,1,3,12-15H2,2,4-6H3. The number of esters is 2. The van der Waals surface area contributed by atoms with Gasteiger partial charge in [-0.15, -0.1) is 5.10 Å². The van der Waals surface area contributed by atoms with E-state index in [0.29, 0.717) is 22.5 Å². The van der Waals surface area contributed by atoms with E-state index in [4.69, 9.17) is 18.9 Å². The largest absolute Gasteiger partial charge is 0.457 e. The zero-order chi connectivity index (χ0) is 24.4. The van der Waals surface area contributed by atoms with E-state index in [0.717, 1.165) is 5.69 Å². The molecule has 0 saturated heterocycles. The van der Waals surface area contributed by atoms with Crippen LogP contribution in [0.3, 0.4) is 0 Å². The van der Waals surface area contributed by atoms with Crippen molar-refractivity contribution in [1.29, 1.82) is 0 Å². The summed E-state index contributed by atoms with van der Waals surface area (Å²) in [6, 6.07) is 9.51. The van der Waals surface area contributed by atoms with Crippen molar-refractivity contribution in [1.82, 2.24) is 15.0 Å². The van der Waals surface area contributed by atoms with E-state index < -0.39 is 24.1 Å². The molecule has 9 nitrogen and oxygen atoms in total. The van der Waals surface area contributed by atoms with Crippen molar-refractivity contribution in [3.05, 3.63) is 66.0 Å². The number of nitrogens with zero attached hydrogens (tertiary/aromatic N) is 3. The molecule has 0 aliphatic carbocycles. The van der Waals surface area contributed by atoms with Crippen molar-refractivity contribution in [2.45, 2.75) is 53.1 Å². The minimum absolute atomic E-state index is 0.153. The molecule has 33 heavy (non-hydrogen) atoms. The molecule has 9 heteroatoms. The maximum atomic E-state index is 11.7. The SMILES string of the molecule is C=C(C)C(=O)OC(C)COCc1nnn(-c2ccccc2)c1COCC(C)OC(=O)C(=C)C. The third-order valence-corrected chi connectivity index (χ3v) is 4.34. The fourth-order valence-electron chi connectivity index (χ4n) is 2.64. The Kier molecular flexibility index (Phi) is 9.96. The lowest BCUT2D eigenvalue weighted by Gasteiger charge is -2.15. The molecule has 0 radical (unpaired) electrons. The molecule has 0 amide bonds. The number of rotatable bonds is 13. The number of hydrogen-bond donors (Lipinski definition) is 0. The van der Waals surface area contributed by atoms with Gasteiger partial charge >= 0.3 is 11.9 Å². The van der Waals surface area contributed by atoms with Crippen LogP contribution in [0.5, 0.6) is 0 Å². The molecule has 178 valence electrons. The molecule has 2 atom stereocenters. The number of carbonyl (C=O) groups is 2. The number of benzene rings is 1. The zero-order valence-electron chi connectivity index (χ0n) is 19.6. The lowest BCUT2D eigenvalue weighted by Crippen LogP contribution is -2.21. The molecular weight excluding hydrogens is 426 g/mol. The number of ether oxygens (including phenoxy) is 4. The summed E-state index contributed by atoms with van der Waals surface area (Å²) < 4.78 is 23.6. The van der Waals surface area contributed by atoms with E-state index in [9.17, 15) is 9.59 Å². The molecule has 2 unspecified atom stereocenters. The van der Waals surface area contributed by atoms with Crippen molar-refractivity contribution in [2.24, 2.45) is 0 Å². The molecular formula is C24H31N3O6. The van der Waals surface area contributed by atoms with Crippen LogP contribution < -0.4 is 0 Å². The van der Waals surface area contributed by atoms with Crippen LogP contribution in [-0.4, -0.2) is 52.4 Å². The second-order valence-corrected chi connectivity index (χ2v) is 7.75. The third kappa shape index (κ3) is 8.28. The predicted molar refractivity (Wildman–Crippen MR) is 121 cm³/mol. The Morgan fingerprint density at radius 3 is 1.94 bits per heavy atom. The van der Waals surface area contributed by atoms with Crippen LogP contribution in [0.4, 0.5) is 0 Å². The topological polar surface area (TPSA) is 102 Å². The summed E-state index contributed by atoms with van der Waals surface area (Å²) in [5, 5.41) is 8.47. The molecule has 1 aromatic heterocycles. The van der Waals surface area contributed by atoms with Crippen molar-refractivity contribution in [3.8, 4) is 5.69 Å². The fraction of sp³-hybridized carbons (Fsp3) is 0.417. The molecule has 0 spiro atoms. The van der Waals surface area contributed by atoms with Crippen LogP contribution >= 0.6 is 0 Å². The van der Waals surface area contributed by atoms with Crippen LogP contribution in [0.2, 0.25) is 0 Å². The predicted octanol–water partition coefficient (Wildman–Crippen LogP) is 3.32. The van der Waals surface area contributed by atoms with Crippen molar-refractivity contribution in [2.75, 3.05) is 13.2 Å². The molecule has 0 aliphatic rings. The molecule has 0 saturated carbocycles. The number of carbonyl (C=O) groups excluding carboxylic acids is 2. The molecule has 0 aliphatic heterocycles. The first-order valence-electron chi connectivity index (χ1n) is 10.6. The average molecular weight is 458 g/mol. The fourth-order valence-corrected chi connectivity index (χ4v) is 2.64. The third-order valence-electron chi connectivity index (χ3n) is 4.34. The Bertz CT molecular complexity index is 970. The molecule has 1 aromatic carbocycles. The minimum Gasteiger partial charge on any atom is -0.457 e. The Morgan fingerprint density at radius 1 is 0.909 bits per heavy atom. The summed E-state index contributed by atoms with van der Waals surface area (Å²) in [7, 11) is 0. The minimum atomic E-state index is -0.461. The van der Waals surface area contributed by atoms with Crippen molar-refractivity contribution < 1.29 is 28.5 Å². The molecule has 2 rings (SSSR count). The Balaban J connectivity index is 2.02. The highest BCUT2D eigenvalue weighted by Gasteiger charge is 2.17. The van der Waals surface area contributed by atoms with Gasteiger partial charge in [0.1, 0.15) is 17.9 Å². The summed E-state index contributed by atoms with van der Waals surface area (Å²) in [5.74, 6) is -0.922. The van der Waals surface area contributed by atoms with E-state index in [1.165, 1.54) is 0 Å². The Hall–Kier alpha value is -3.30. The highest BCUT2D eigenvalue weighted by molar-refractivity contribution is 5.87. The molecule has 0 bridgehead atoms. The zero-order valence-corrected chi connectivity index (χ0v) is 19.6. The first kappa shape index (κ1) is 26.0. The smallest absolute Gasteiger partial charge is 0.333 e. The number of aromatic nitrogens is 3. The molecule has 0 fully saturated rings. The first-order chi connectivity index (χ1) is 15.7. The summed E-state index contributed by atoms with van der Waals surface area (Å²) in [5.41, 5.74) is 2.77. The Morgan fingerprint density at radius 2 is 1.42 bits per heavy atom. The van der Waals surface area contributed by atoms with Gasteiger partial charge in [-0.25, -0.2) is 14.3 Å². The quantitative estimate of drug-likeness (QED) is 0.333. The van der Waals surface area contributed by atoms with Gasteiger partial charge in [0, 0.05) is 11.1 Å². The van der Waals surface area contributed by atoms with E-state index in [1.54, 1.807) is 32.4 Å². The van der Waals surface area contributed by atoms with Gasteiger partial charge in [0.2, 0.25) is 0 Å². The second kappa shape index (κ2) is 12.7. The Labute approximate surface area is 194 Å². The summed E-state index contributed by atoms with van der Waals surface area (Å²) in [6.07, 6.45) is -0.888. The molecule has 0 N–H and O–H groups in total. The van der Waals surface area contributed by atoms with Crippen LogP contribution in [0.25, 0.3) is 5.69 Å². The number of hydrogen-bond acceptors (Lipinski definition) is 8. The highest BCUT2D eigenvalue weighted by atomic mass is 16.6. The van der Waals surface area contributed by atoms with Crippen molar-refractivity contribution in [3.63, 3.8) is 0 Å². The summed E-state index contributed by atoms with van der Waals surface area (Å²) in [4.78, 5) is 23.3. The average Bonchev–Trinajstić information content (AvgIpc) is 3.16.